The third kappa shape index (κ3) is 9.43. The number of primary amides is 1. The van der Waals surface area contributed by atoms with Crippen LogP contribution in [0.25, 0.3) is 0 Å². The molecule has 0 bridgehead atoms. The summed E-state index contributed by atoms with van der Waals surface area (Å²) in [6, 6.07) is 1.22. The number of amides is 1. The van der Waals surface area contributed by atoms with Crippen LogP contribution in [0.4, 0.5) is 0 Å². The van der Waals surface area contributed by atoms with Gasteiger partial charge in [-0.15, -0.1) is 0 Å². The predicted molar refractivity (Wildman–Crippen MR) is 51.1 cm³/mol. The van der Waals surface area contributed by atoms with Gasteiger partial charge in [0.05, 0.1) is 0 Å². The zero-order chi connectivity index (χ0) is 8.91. The molecule has 0 aliphatic heterocycles. The van der Waals surface area contributed by atoms with E-state index < -0.39 is 8.07 Å². The summed E-state index contributed by atoms with van der Waals surface area (Å²) in [4.78, 5) is 10.3. The van der Waals surface area contributed by atoms with E-state index in [1.54, 1.807) is 0 Å². The Kier molecular flexibility index (Phi) is 4.11. The van der Waals surface area contributed by atoms with Gasteiger partial charge in [0.2, 0.25) is 5.91 Å². The van der Waals surface area contributed by atoms with Crippen molar-refractivity contribution < 1.29 is 4.79 Å². The Hall–Kier alpha value is -0.573. The molecule has 0 saturated heterocycles. The number of carbonyl (C=O) groups is 1. The number of carbonyl (C=O) groups excluding carboxylic acids is 1. The number of hydrogen-bond acceptors (Lipinski definition) is 1. The fraction of sp³-hybridized carbons (Fsp3) is 0.625. The smallest absolute Gasteiger partial charge is 0.241 e. The van der Waals surface area contributed by atoms with E-state index in [0.29, 0.717) is 0 Å². The van der Waals surface area contributed by atoms with Crippen LogP contribution >= 0.6 is 0 Å². The largest absolute Gasteiger partial charge is 0.366 e. The van der Waals surface area contributed by atoms with E-state index in [-0.39, 0.29) is 5.91 Å². The molecule has 0 unspecified atom stereocenters. The summed E-state index contributed by atoms with van der Waals surface area (Å²) >= 11 is 0. The SMILES string of the molecule is C[Si](C)(C)CC/C=C/C(N)=O. The highest BCUT2D eigenvalue weighted by molar-refractivity contribution is 6.76. The molecular formula is C8H17NOSi. The van der Waals surface area contributed by atoms with Gasteiger partial charge in [0, 0.05) is 8.07 Å². The summed E-state index contributed by atoms with van der Waals surface area (Å²) in [6.07, 6.45) is 4.29. The van der Waals surface area contributed by atoms with Gasteiger partial charge in [0.1, 0.15) is 0 Å². The highest BCUT2D eigenvalue weighted by atomic mass is 28.3. The molecule has 0 rings (SSSR count). The van der Waals surface area contributed by atoms with Crippen LogP contribution in [0.1, 0.15) is 6.42 Å². The molecule has 11 heavy (non-hydrogen) atoms. The molecule has 0 saturated carbocycles. The Balaban J connectivity index is 3.50. The molecule has 1 amide bonds. The fourth-order valence-corrected chi connectivity index (χ4v) is 1.75. The lowest BCUT2D eigenvalue weighted by Crippen LogP contribution is -2.18. The van der Waals surface area contributed by atoms with Crippen LogP contribution in [0.3, 0.4) is 0 Å². The molecule has 3 heteroatoms. The minimum absolute atomic E-state index is 0.347. The van der Waals surface area contributed by atoms with Crippen molar-refractivity contribution in [3.05, 3.63) is 12.2 Å². The molecule has 0 aromatic rings. The maximum atomic E-state index is 10.3. The molecule has 0 aromatic carbocycles. The molecule has 0 fully saturated rings. The minimum Gasteiger partial charge on any atom is -0.366 e. The van der Waals surface area contributed by atoms with Gasteiger partial charge in [-0.05, 0) is 12.5 Å². The molecule has 64 valence electrons. The van der Waals surface area contributed by atoms with Gasteiger partial charge in [-0.2, -0.15) is 0 Å². The van der Waals surface area contributed by atoms with Crippen molar-refractivity contribution in [2.45, 2.75) is 32.1 Å². The highest BCUT2D eigenvalue weighted by Gasteiger charge is 2.10. The topological polar surface area (TPSA) is 43.1 Å². The van der Waals surface area contributed by atoms with Crippen LogP contribution < -0.4 is 5.73 Å². The van der Waals surface area contributed by atoms with Crippen molar-refractivity contribution in [2.75, 3.05) is 0 Å². The normalized spacial score (nSPS) is 12.3. The molecular weight excluding hydrogens is 154 g/mol. The zero-order valence-corrected chi connectivity index (χ0v) is 8.55. The number of rotatable bonds is 4. The van der Waals surface area contributed by atoms with Gasteiger partial charge >= 0.3 is 0 Å². The average Bonchev–Trinajstić information content (AvgIpc) is 1.78. The Morgan fingerprint density at radius 1 is 1.45 bits per heavy atom. The summed E-state index contributed by atoms with van der Waals surface area (Å²) in [5.41, 5.74) is 4.93. The Bertz CT molecular complexity index is 158. The van der Waals surface area contributed by atoms with Gasteiger partial charge in [-0.3, -0.25) is 4.79 Å². The van der Waals surface area contributed by atoms with Crippen molar-refractivity contribution >= 4 is 14.0 Å². The van der Waals surface area contributed by atoms with Crippen LogP contribution in [0.5, 0.6) is 0 Å². The van der Waals surface area contributed by atoms with Crippen LogP contribution in [0.15, 0.2) is 12.2 Å². The first-order chi connectivity index (χ1) is 4.92. The first kappa shape index (κ1) is 10.4. The standard InChI is InChI=1S/C8H17NOSi/c1-11(2,3)7-5-4-6-8(9)10/h4,6H,5,7H2,1-3H3,(H2,9,10)/b6-4+. The zero-order valence-electron chi connectivity index (χ0n) is 7.55. The first-order valence-electron chi connectivity index (χ1n) is 3.88. The molecule has 0 radical (unpaired) electrons. The summed E-state index contributed by atoms with van der Waals surface area (Å²) in [6.45, 7) is 6.93. The van der Waals surface area contributed by atoms with E-state index in [9.17, 15) is 4.79 Å². The third-order valence-electron chi connectivity index (χ3n) is 1.34. The molecule has 0 heterocycles. The monoisotopic (exact) mass is 171 g/mol. The van der Waals surface area contributed by atoms with Gasteiger partial charge in [0.15, 0.2) is 0 Å². The van der Waals surface area contributed by atoms with Crippen molar-refractivity contribution in [2.24, 2.45) is 5.73 Å². The van der Waals surface area contributed by atoms with Crippen molar-refractivity contribution in [1.82, 2.24) is 0 Å². The van der Waals surface area contributed by atoms with Gasteiger partial charge in [-0.25, -0.2) is 0 Å². The molecule has 0 atom stereocenters. The van der Waals surface area contributed by atoms with Crippen LogP contribution in [-0.2, 0) is 4.79 Å². The maximum absolute atomic E-state index is 10.3. The summed E-state index contributed by atoms with van der Waals surface area (Å²) in [5, 5.41) is 0. The molecule has 0 spiro atoms. The van der Waals surface area contributed by atoms with Crippen molar-refractivity contribution in [3.8, 4) is 0 Å². The van der Waals surface area contributed by atoms with Crippen LogP contribution in [0, 0.1) is 0 Å². The van der Waals surface area contributed by atoms with Crippen LogP contribution in [0.2, 0.25) is 25.7 Å². The van der Waals surface area contributed by atoms with Gasteiger partial charge in [0.25, 0.3) is 0 Å². The lowest BCUT2D eigenvalue weighted by molar-refractivity contribution is -0.113. The Morgan fingerprint density at radius 2 is 2.00 bits per heavy atom. The first-order valence-corrected chi connectivity index (χ1v) is 7.58. The fourth-order valence-electron chi connectivity index (χ4n) is 0.716. The van der Waals surface area contributed by atoms with Crippen LogP contribution in [-0.4, -0.2) is 14.0 Å². The van der Waals surface area contributed by atoms with E-state index in [0.717, 1.165) is 6.42 Å². The molecule has 0 aliphatic carbocycles. The van der Waals surface area contributed by atoms with E-state index in [1.807, 2.05) is 6.08 Å². The molecule has 0 aromatic heterocycles. The third-order valence-corrected chi connectivity index (χ3v) is 3.13. The average molecular weight is 171 g/mol. The number of nitrogens with two attached hydrogens (primary N) is 1. The maximum Gasteiger partial charge on any atom is 0.241 e. The minimum atomic E-state index is -0.933. The Morgan fingerprint density at radius 3 is 2.36 bits per heavy atom. The second-order valence-electron chi connectivity index (χ2n) is 3.90. The van der Waals surface area contributed by atoms with E-state index in [1.165, 1.54) is 12.1 Å². The second kappa shape index (κ2) is 4.33. The second-order valence-corrected chi connectivity index (χ2v) is 9.53. The lowest BCUT2D eigenvalue weighted by atomic mass is 10.4. The van der Waals surface area contributed by atoms with Crippen molar-refractivity contribution in [1.29, 1.82) is 0 Å². The summed E-state index contributed by atoms with van der Waals surface area (Å²) < 4.78 is 0. The van der Waals surface area contributed by atoms with E-state index in [4.69, 9.17) is 5.73 Å². The molecule has 0 aliphatic rings. The van der Waals surface area contributed by atoms with Gasteiger partial charge in [-0.1, -0.05) is 31.8 Å². The number of allylic oxidation sites excluding steroid dienone is 1. The summed E-state index contributed by atoms with van der Waals surface area (Å²) in [5.74, 6) is -0.347. The predicted octanol–water partition coefficient (Wildman–Crippen LogP) is 1.76. The lowest BCUT2D eigenvalue weighted by Gasteiger charge is -2.12. The van der Waals surface area contributed by atoms with Crippen molar-refractivity contribution in [3.63, 3.8) is 0 Å². The Labute approximate surface area is 69.5 Å². The van der Waals surface area contributed by atoms with E-state index in [2.05, 4.69) is 19.6 Å². The quantitative estimate of drug-likeness (QED) is 0.508. The molecule has 2 N–H and O–H groups in total. The van der Waals surface area contributed by atoms with Gasteiger partial charge < -0.3 is 5.73 Å². The van der Waals surface area contributed by atoms with E-state index >= 15 is 0 Å². The number of hydrogen-bond donors (Lipinski definition) is 1. The summed E-state index contributed by atoms with van der Waals surface area (Å²) in [7, 11) is -0.933. The molecule has 2 nitrogen and oxygen atoms in total. The highest BCUT2D eigenvalue weighted by Crippen LogP contribution is 2.10.